The Labute approximate surface area is 173 Å². The maximum Gasteiger partial charge on any atom is 0.356 e. The van der Waals surface area contributed by atoms with Gasteiger partial charge in [0, 0.05) is 35.7 Å². The summed E-state index contributed by atoms with van der Waals surface area (Å²) in [7, 11) is -2.05. The van der Waals surface area contributed by atoms with Gasteiger partial charge in [-0.3, -0.25) is 0 Å². The van der Waals surface area contributed by atoms with E-state index in [9.17, 15) is 13.2 Å². The van der Waals surface area contributed by atoms with Crippen molar-refractivity contribution in [2.75, 3.05) is 13.4 Å². The average Bonchev–Trinajstić information content (AvgIpc) is 3.11. The van der Waals surface area contributed by atoms with Gasteiger partial charge >= 0.3 is 5.97 Å². The summed E-state index contributed by atoms with van der Waals surface area (Å²) >= 11 is 0. The number of sulfone groups is 1. The number of nitrogens with zero attached hydrogens (tertiary/aromatic N) is 3. The topological polar surface area (TPSA) is 90.6 Å². The first-order valence-electron chi connectivity index (χ1n) is 9.18. The first-order valence-corrected chi connectivity index (χ1v) is 11.1. The number of ether oxygens (including phenoxy) is 1. The van der Waals surface area contributed by atoms with Crippen molar-refractivity contribution in [3.63, 3.8) is 0 Å². The van der Waals surface area contributed by atoms with Crippen molar-refractivity contribution in [3.05, 3.63) is 83.8 Å². The van der Waals surface area contributed by atoms with Crippen molar-refractivity contribution in [2.24, 2.45) is 0 Å². The SMILES string of the molecule is COC(=O)c1cccc(Cc2c(-c3ccccc3)nn3cc(S(C)(=O)=O)ccc23)n1. The highest BCUT2D eigenvalue weighted by molar-refractivity contribution is 7.90. The predicted molar refractivity (Wildman–Crippen MR) is 112 cm³/mol. The summed E-state index contributed by atoms with van der Waals surface area (Å²) in [4.78, 5) is 16.4. The Kier molecular flexibility index (Phi) is 5.09. The zero-order chi connectivity index (χ0) is 21.3. The maximum atomic E-state index is 12.0. The molecule has 3 aromatic heterocycles. The zero-order valence-electron chi connectivity index (χ0n) is 16.4. The van der Waals surface area contributed by atoms with Gasteiger partial charge in [0.15, 0.2) is 9.84 Å². The van der Waals surface area contributed by atoms with Gasteiger partial charge in [-0.2, -0.15) is 5.10 Å². The maximum absolute atomic E-state index is 12.0. The molecule has 152 valence electrons. The quantitative estimate of drug-likeness (QED) is 0.460. The Morgan fingerprint density at radius 1 is 1.03 bits per heavy atom. The highest BCUT2D eigenvalue weighted by Crippen LogP contribution is 2.29. The number of esters is 1. The van der Waals surface area contributed by atoms with Gasteiger partial charge in [0.05, 0.1) is 23.2 Å². The van der Waals surface area contributed by atoms with Crippen LogP contribution in [0.5, 0.6) is 0 Å². The normalized spacial score (nSPS) is 11.5. The van der Waals surface area contributed by atoms with Gasteiger partial charge in [0.1, 0.15) is 5.69 Å². The van der Waals surface area contributed by atoms with Crippen LogP contribution in [-0.4, -0.2) is 42.4 Å². The molecule has 7 nitrogen and oxygen atoms in total. The van der Waals surface area contributed by atoms with Crippen LogP contribution in [0, 0.1) is 0 Å². The molecule has 0 unspecified atom stereocenters. The van der Waals surface area contributed by atoms with Crippen LogP contribution >= 0.6 is 0 Å². The molecule has 0 amide bonds. The second-order valence-electron chi connectivity index (χ2n) is 6.84. The van der Waals surface area contributed by atoms with Crippen LogP contribution in [0.1, 0.15) is 21.7 Å². The third-order valence-corrected chi connectivity index (χ3v) is 5.84. The smallest absolute Gasteiger partial charge is 0.356 e. The number of benzene rings is 1. The predicted octanol–water partition coefficient (Wildman–Crippen LogP) is 3.18. The van der Waals surface area contributed by atoms with Crippen molar-refractivity contribution in [3.8, 4) is 11.3 Å². The summed E-state index contributed by atoms with van der Waals surface area (Å²) in [5.74, 6) is -0.502. The van der Waals surface area contributed by atoms with Crippen LogP contribution in [-0.2, 0) is 21.0 Å². The fourth-order valence-electron chi connectivity index (χ4n) is 3.28. The van der Waals surface area contributed by atoms with E-state index < -0.39 is 15.8 Å². The molecular formula is C22H19N3O4S. The van der Waals surface area contributed by atoms with Gasteiger partial charge in [0.25, 0.3) is 0 Å². The third-order valence-electron chi connectivity index (χ3n) is 4.74. The number of carbonyl (C=O) groups excluding carboxylic acids is 1. The van der Waals surface area contributed by atoms with E-state index in [-0.39, 0.29) is 10.6 Å². The van der Waals surface area contributed by atoms with Crippen molar-refractivity contribution >= 4 is 21.3 Å². The molecule has 0 radical (unpaired) electrons. The number of methoxy groups -OCH3 is 1. The number of aromatic nitrogens is 3. The lowest BCUT2D eigenvalue weighted by Crippen LogP contribution is -2.06. The van der Waals surface area contributed by atoms with Gasteiger partial charge in [-0.25, -0.2) is 22.7 Å². The van der Waals surface area contributed by atoms with Crippen molar-refractivity contribution in [1.82, 2.24) is 14.6 Å². The van der Waals surface area contributed by atoms with Crippen LogP contribution in [0.2, 0.25) is 0 Å². The first-order chi connectivity index (χ1) is 14.4. The van der Waals surface area contributed by atoms with E-state index in [1.165, 1.54) is 19.6 Å². The molecule has 0 aliphatic heterocycles. The van der Waals surface area contributed by atoms with Gasteiger partial charge in [-0.15, -0.1) is 0 Å². The Hall–Kier alpha value is -3.52. The number of fused-ring (bicyclic) bond motifs is 1. The second kappa shape index (κ2) is 7.72. The number of rotatable bonds is 5. The molecule has 1 aromatic carbocycles. The Balaban J connectivity index is 1.88. The summed E-state index contributed by atoms with van der Waals surface area (Å²) in [6.07, 6.45) is 3.09. The number of hydrogen-bond acceptors (Lipinski definition) is 6. The lowest BCUT2D eigenvalue weighted by molar-refractivity contribution is 0.0593. The van der Waals surface area contributed by atoms with Crippen molar-refractivity contribution < 1.29 is 17.9 Å². The van der Waals surface area contributed by atoms with Crippen molar-refractivity contribution in [1.29, 1.82) is 0 Å². The molecule has 0 aliphatic rings. The molecule has 0 fully saturated rings. The number of hydrogen-bond donors (Lipinski definition) is 0. The molecule has 0 aliphatic carbocycles. The standard InChI is InChI=1S/C22H19N3O4S/c1-29-22(26)19-10-6-9-16(23-19)13-18-20-12-11-17(30(2,27)28)14-25(20)24-21(18)15-7-4-3-5-8-15/h3-12,14H,13H2,1-2H3. The van der Waals surface area contributed by atoms with E-state index in [2.05, 4.69) is 10.1 Å². The molecule has 0 atom stereocenters. The fourth-order valence-corrected chi connectivity index (χ4v) is 3.89. The largest absolute Gasteiger partial charge is 0.464 e. The van der Waals surface area contributed by atoms with E-state index in [1.807, 2.05) is 36.4 Å². The molecule has 0 saturated heterocycles. The molecule has 8 heteroatoms. The minimum atomic E-state index is -3.36. The zero-order valence-corrected chi connectivity index (χ0v) is 17.3. The van der Waals surface area contributed by atoms with Gasteiger partial charge in [0.2, 0.25) is 0 Å². The molecule has 0 bridgehead atoms. The van der Waals surface area contributed by atoms with Crippen LogP contribution in [0.15, 0.2) is 71.8 Å². The molecule has 0 N–H and O–H groups in total. The highest BCUT2D eigenvalue weighted by Gasteiger charge is 2.18. The summed E-state index contributed by atoms with van der Waals surface area (Å²) in [6.45, 7) is 0. The monoisotopic (exact) mass is 421 g/mol. The second-order valence-corrected chi connectivity index (χ2v) is 8.86. The highest BCUT2D eigenvalue weighted by atomic mass is 32.2. The summed E-state index contributed by atoms with van der Waals surface area (Å²) in [5.41, 5.74) is 4.19. The first kappa shape index (κ1) is 19.8. The fraction of sp³-hybridized carbons (Fsp3) is 0.136. The number of pyridine rings is 2. The summed E-state index contributed by atoms with van der Waals surface area (Å²) in [5, 5.41) is 4.66. The van der Waals surface area contributed by atoms with Gasteiger partial charge < -0.3 is 4.74 Å². The Morgan fingerprint density at radius 3 is 2.50 bits per heavy atom. The third kappa shape index (κ3) is 3.81. The molecule has 4 rings (SSSR count). The van der Waals surface area contributed by atoms with E-state index in [0.29, 0.717) is 12.1 Å². The summed E-state index contributed by atoms with van der Waals surface area (Å²) < 4.78 is 30.3. The lowest BCUT2D eigenvalue weighted by Gasteiger charge is -2.06. The van der Waals surface area contributed by atoms with Crippen LogP contribution in [0.4, 0.5) is 0 Å². The minimum absolute atomic E-state index is 0.189. The van der Waals surface area contributed by atoms with Crippen LogP contribution in [0.25, 0.3) is 16.8 Å². The molecule has 3 heterocycles. The molecular weight excluding hydrogens is 402 g/mol. The van der Waals surface area contributed by atoms with E-state index in [1.54, 1.807) is 28.8 Å². The molecule has 4 aromatic rings. The molecule has 0 saturated carbocycles. The number of carbonyl (C=O) groups is 1. The average molecular weight is 421 g/mol. The molecule has 0 spiro atoms. The summed E-state index contributed by atoms with van der Waals surface area (Å²) in [6, 6.07) is 18.1. The van der Waals surface area contributed by atoms with Gasteiger partial charge in [-0.05, 0) is 24.3 Å². The van der Waals surface area contributed by atoms with E-state index in [0.717, 1.165) is 22.3 Å². The van der Waals surface area contributed by atoms with Crippen LogP contribution < -0.4 is 0 Å². The van der Waals surface area contributed by atoms with Crippen molar-refractivity contribution in [2.45, 2.75) is 11.3 Å². The Morgan fingerprint density at radius 2 is 1.80 bits per heavy atom. The molecule has 30 heavy (non-hydrogen) atoms. The van der Waals surface area contributed by atoms with Gasteiger partial charge in [-0.1, -0.05) is 36.4 Å². The minimum Gasteiger partial charge on any atom is -0.464 e. The van der Waals surface area contributed by atoms with E-state index in [4.69, 9.17) is 4.74 Å². The van der Waals surface area contributed by atoms with Crippen LogP contribution in [0.3, 0.4) is 0 Å². The van der Waals surface area contributed by atoms with E-state index >= 15 is 0 Å². The Bertz CT molecular complexity index is 1350. The lowest BCUT2D eigenvalue weighted by atomic mass is 10.0.